The van der Waals surface area contributed by atoms with Crippen molar-refractivity contribution in [3.8, 4) is 22.9 Å². The van der Waals surface area contributed by atoms with Gasteiger partial charge in [-0.1, -0.05) is 12.1 Å². The summed E-state index contributed by atoms with van der Waals surface area (Å²) in [5.41, 5.74) is 2.88. The van der Waals surface area contributed by atoms with Crippen LogP contribution in [0.2, 0.25) is 0 Å². The van der Waals surface area contributed by atoms with Crippen molar-refractivity contribution < 1.29 is 14.3 Å². The highest BCUT2D eigenvalue weighted by atomic mass is 16.5. The third-order valence-corrected chi connectivity index (χ3v) is 5.74. The second-order valence-corrected chi connectivity index (χ2v) is 7.88. The van der Waals surface area contributed by atoms with E-state index < -0.39 is 0 Å². The Labute approximate surface area is 186 Å². The number of carbonyl (C=O) groups is 1. The van der Waals surface area contributed by atoms with Crippen LogP contribution in [0.15, 0.2) is 47.4 Å². The van der Waals surface area contributed by atoms with Crippen molar-refractivity contribution in [3.63, 3.8) is 0 Å². The molecule has 1 aliphatic rings. The highest BCUT2D eigenvalue weighted by Crippen LogP contribution is 2.29. The Morgan fingerprint density at radius 3 is 2.81 bits per heavy atom. The van der Waals surface area contributed by atoms with Gasteiger partial charge in [0.2, 0.25) is 11.8 Å². The summed E-state index contributed by atoms with van der Waals surface area (Å²) in [5.74, 6) is 1.82. The van der Waals surface area contributed by atoms with E-state index >= 15 is 0 Å². The fourth-order valence-corrected chi connectivity index (χ4v) is 4.10. The molecule has 3 heterocycles. The molecule has 1 amide bonds. The molecule has 0 saturated carbocycles. The van der Waals surface area contributed by atoms with Gasteiger partial charge < -0.3 is 19.4 Å². The van der Waals surface area contributed by atoms with Crippen LogP contribution in [0.3, 0.4) is 0 Å². The second-order valence-electron chi connectivity index (χ2n) is 7.88. The average Bonchev–Trinajstić information content (AvgIpc) is 3.29. The molecule has 0 unspecified atom stereocenters. The zero-order valence-corrected chi connectivity index (χ0v) is 18.4. The standard InChI is InChI=1S/C24H26N4O4/c1-15-11-16(6-7-20(15)31-2)12-22(30)28-10-8-17(14-28)23-26-19(13-21(29)27-23)18-5-4-9-25-24(18)32-3/h4-7,9,11,13,17H,8,10,12,14H2,1-3H3,(H,26,27,29)/t17-/m0/s1. The lowest BCUT2D eigenvalue weighted by atomic mass is 10.1. The Bertz CT molecular complexity index is 1190. The SMILES string of the molecule is COc1ccc(CC(=O)N2CC[C@H](c3nc(-c4cccnc4OC)cc(=O)[nH]3)C2)cc1C. The van der Waals surface area contributed by atoms with Crippen LogP contribution in [-0.4, -0.2) is 53.1 Å². The number of rotatable bonds is 6. The fourth-order valence-electron chi connectivity index (χ4n) is 4.10. The van der Waals surface area contributed by atoms with Crippen LogP contribution in [-0.2, 0) is 11.2 Å². The number of hydrogen-bond donors (Lipinski definition) is 1. The number of ether oxygens (including phenoxy) is 2. The van der Waals surface area contributed by atoms with Gasteiger partial charge >= 0.3 is 0 Å². The van der Waals surface area contributed by atoms with E-state index in [2.05, 4.69) is 15.0 Å². The summed E-state index contributed by atoms with van der Waals surface area (Å²) in [7, 11) is 3.17. The smallest absolute Gasteiger partial charge is 0.251 e. The molecule has 3 aromatic rings. The quantitative estimate of drug-likeness (QED) is 0.641. The number of aryl methyl sites for hydroxylation is 1. The van der Waals surface area contributed by atoms with Gasteiger partial charge in [-0.3, -0.25) is 9.59 Å². The van der Waals surface area contributed by atoms with Crippen LogP contribution < -0.4 is 15.0 Å². The summed E-state index contributed by atoms with van der Waals surface area (Å²) in [5, 5.41) is 0. The van der Waals surface area contributed by atoms with Crippen molar-refractivity contribution in [3.05, 3.63) is 69.9 Å². The number of aromatic nitrogens is 3. The predicted octanol–water partition coefficient (Wildman–Crippen LogP) is 2.72. The van der Waals surface area contributed by atoms with E-state index in [9.17, 15) is 9.59 Å². The maximum Gasteiger partial charge on any atom is 0.251 e. The molecule has 4 rings (SSSR count). The molecule has 1 fully saturated rings. The van der Waals surface area contributed by atoms with Gasteiger partial charge in [-0.2, -0.15) is 0 Å². The number of benzene rings is 1. The fraction of sp³-hybridized carbons (Fsp3) is 0.333. The Kier molecular flexibility index (Phi) is 6.20. The van der Waals surface area contributed by atoms with Crippen LogP contribution in [0.5, 0.6) is 11.6 Å². The number of pyridine rings is 1. The highest BCUT2D eigenvalue weighted by molar-refractivity contribution is 5.79. The molecule has 1 aromatic carbocycles. The van der Waals surface area contributed by atoms with E-state index in [1.165, 1.54) is 13.2 Å². The van der Waals surface area contributed by atoms with Crippen molar-refractivity contribution in [2.75, 3.05) is 27.3 Å². The number of amides is 1. The minimum atomic E-state index is -0.241. The summed E-state index contributed by atoms with van der Waals surface area (Å²) in [6.45, 7) is 3.11. The molecule has 0 aliphatic carbocycles. The zero-order valence-electron chi connectivity index (χ0n) is 18.4. The van der Waals surface area contributed by atoms with Gasteiger partial charge in [0.25, 0.3) is 5.56 Å². The molecular weight excluding hydrogens is 408 g/mol. The third-order valence-electron chi connectivity index (χ3n) is 5.74. The topological polar surface area (TPSA) is 97.4 Å². The van der Waals surface area contributed by atoms with Crippen LogP contribution in [0.4, 0.5) is 0 Å². The first kappa shape index (κ1) is 21.5. The molecule has 1 saturated heterocycles. The number of methoxy groups -OCH3 is 2. The Morgan fingerprint density at radius 2 is 2.06 bits per heavy atom. The van der Waals surface area contributed by atoms with E-state index in [-0.39, 0.29) is 17.4 Å². The number of aromatic amines is 1. The molecule has 1 N–H and O–H groups in total. The van der Waals surface area contributed by atoms with Crippen LogP contribution >= 0.6 is 0 Å². The van der Waals surface area contributed by atoms with E-state index in [0.717, 1.165) is 23.3 Å². The minimum absolute atomic E-state index is 0.0353. The molecule has 0 bridgehead atoms. The van der Waals surface area contributed by atoms with Gasteiger partial charge in [0.15, 0.2) is 0 Å². The van der Waals surface area contributed by atoms with Gasteiger partial charge in [-0.15, -0.1) is 0 Å². The van der Waals surface area contributed by atoms with Crippen molar-refractivity contribution in [1.29, 1.82) is 0 Å². The maximum atomic E-state index is 12.9. The summed E-state index contributed by atoms with van der Waals surface area (Å²) in [6.07, 6.45) is 2.69. The number of hydrogen-bond acceptors (Lipinski definition) is 6. The van der Waals surface area contributed by atoms with Gasteiger partial charge in [0.05, 0.1) is 31.9 Å². The molecule has 8 heteroatoms. The highest BCUT2D eigenvalue weighted by Gasteiger charge is 2.29. The Hall–Kier alpha value is -3.68. The summed E-state index contributed by atoms with van der Waals surface area (Å²) >= 11 is 0. The largest absolute Gasteiger partial charge is 0.496 e. The molecule has 1 atom stereocenters. The van der Waals surface area contributed by atoms with Crippen LogP contribution in [0.25, 0.3) is 11.3 Å². The first-order valence-corrected chi connectivity index (χ1v) is 10.5. The molecular formula is C24H26N4O4. The van der Waals surface area contributed by atoms with Crippen LogP contribution in [0.1, 0.15) is 29.3 Å². The van der Waals surface area contributed by atoms with Crippen molar-refractivity contribution >= 4 is 5.91 Å². The number of H-pyrrole nitrogens is 1. The molecule has 8 nitrogen and oxygen atoms in total. The molecule has 0 radical (unpaired) electrons. The average molecular weight is 434 g/mol. The van der Waals surface area contributed by atoms with Gasteiger partial charge in [0, 0.05) is 31.3 Å². The molecule has 1 aliphatic heterocycles. The molecule has 2 aromatic heterocycles. The predicted molar refractivity (Wildman–Crippen MR) is 120 cm³/mol. The normalized spacial score (nSPS) is 15.6. The maximum absolute atomic E-state index is 12.9. The lowest BCUT2D eigenvalue weighted by Gasteiger charge is -2.17. The summed E-state index contributed by atoms with van der Waals surface area (Å²) in [6, 6.07) is 10.8. The monoisotopic (exact) mass is 434 g/mol. The lowest BCUT2D eigenvalue weighted by molar-refractivity contribution is -0.129. The van der Waals surface area contributed by atoms with Crippen molar-refractivity contribution in [2.45, 2.75) is 25.7 Å². The number of likely N-dealkylation sites (tertiary alicyclic amines) is 1. The molecule has 166 valence electrons. The van der Waals surface area contributed by atoms with Crippen molar-refractivity contribution in [1.82, 2.24) is 19.9 Å². The Balaban J connectivity index is 1.49. The molecule has 0 spiro atoms. The summed E-state index contributed by atoms with van der Waals surface area (Å²) < 4.78 is 10.6. The number of nitrogens with one attached hydrogen (secondary N) is 1. The van der Waals surface area contributed by atoms with E-state index in [1.54, 1.807) is 19.4 Å². The zero-order chi connectivity index (χ0) is 22.7. The van der Waals surface area contributed by atoms with E-state index in [4.69, 9.17) is 9.47 Å². The number of carbonyl (C=O) groups excluding carboxylic acids is 1. The first-order chi connectivity index (χ1) is 15.5. The Morgan fingerprint density at radius 1 is 1.22 bits per heavy atom. The molecule has 32 heavy (non-hydrogen) atoms. The van der Waals surface area contributed by atoms with Crippen LogP contribution in [0, 0.1) is 6.92 Å². The third kappa shape index (κ3) is 4.49. The van der Waals surface area contributed by atoms with E-state index in [0.29, 0.717) is 42.5 Å². The minimum Gasteiger partial charge on any atom is -0.496 e. The lowest BCUT2D eigenvalue weighted by Crippen LogP contribution is -2.30. The number of nitrogens with zero attached hydrogens (tertiary/aromatic N) is 3. The first-order valence-electron chi connectivity index (χ1n) is 10.5. The van der Waals surface area contributed by atoms with E-state index in [1.807, 2.05) is 36.1 Å². The van der Waals surface area contributed by atoms with Gasteiger partial charge in [-0.05, 0) is 42.7 Å². The van der Waals surface area contributed by atoms with Gasteiger partial charge in [0.1, 0.15) is 11.6 Å². The van der Waals surface area contributed by atoms with Crippen molar-refractivity contribution in [2.24, 2.45) is 0 Å². The summed E-state index contributed by atoms with van der Waals surface area (Å²) in [4.78, 5) is 38.8. The second kappa shape index (κ2) is 9.21. The van der Waals surface area contributed by atoms with Gasteiger partial charge in [-0.25, -0.2) is 9.97 Å².